The predicted octanol–water partition coefficient (Wildman–Crippen LogP) is 2.30. The normalized spacial score (nSPS) is 15.0. The summed E-state index contributed by atoms with van der Waals surface area (Å²) in [4.78, 5) is 22.2. The minimum absolute atomic E-state index is 0.166. The van der Waals surface area contributed by atoms with Gasteiger partial charge in [0.1, 0.15) is 0 Å². The second kappa shape index (κ2) is 11.1. The first kappa shape index (κ1) is 25.0. The number of fused-ring (bicyclic) bond motifs is 1. The molecule has 1 aromatic heterocycles. The molecule has 1 fully saturated rings. The standard InChI is InChI=1S/C24H29N5O5S/c1-34-13-12-29(35(32,33)22-7-6-19-4-2-3-5-20(19)14-22)17-18-8-10-28(11-9-18)24-25-15-21(16-26-24)23(30)27-31/h2-7,14-16,18,31H,8-13,17H2,1H3,(H,27,30). The maximum absolute atomic E-state index is 13.5. The number of nitrogens with zero attached hydrogens (tertiary/aromatic N) is 4. The fourth-order valence-electron chi connectivity index (χ4n) is 4.25. The highest BCUT2D eigenvalue weighted by Crippen LogP contribution is 2.26. The van der Waals surface area contributed by atoms with Crippen molar-refractivity contribution in [2.24, 2.45) is 5.92 Å². The van der Waals surface area contributed by atoms with Crippen molar-refractivity contribution >= 4 is 32.7 Å². The molecule has 0 unspecified atom stereocenters. The van der Waals surface area contributed by atoms with Crippen molar-refractivity contribution in [1.82, 2.24) is 19.8 Å². The van der Waals surface area contributed by atoms with Crippen LogP contribution in [0.15, 0.2) is 59.8 Å². The smallest absolute Gasteiger partial charge is 0.277 e. The fourth-order valence-corrected chi connectivity index (χ4v) is 5.79. The van der Waals surface area contributed by atoms with Gasteiger partial charge >= 0.3 is 0 Å². The average molecular weight is 500 g/mol. The average Bonchev–Trinajstić information content (AvgIpc) is 2.90. The van der Waals surface area contributed by atoms with E-state index in [4.69, 9.17) is 9.94 Å². The number of amides is 1. The number of sulfonamides is 1. The molecule has 10 nitrogen and oxygen atoms in total. The van der Waals surface area contributed by atoms with Crippen LogP contribution in [-0.2, 0) is 14.8 Å². The SMILES string of the molecule is COCCN(CC1CCN(c2ncc(C(=O)NO)cn2)CC1)S(=O)(=O)c1ccc2ccccc2c1. The topological polar surface area (TPSA) is 125 Å². The Morgan fingerprint density at radius 2 is 1.83 bits per heavy atom. The number of anilines is 1. The van der Waals surface area contributed by atoms with E-state index in [0.29, 0.717) is 32.2 Å². The van der Waals surface area contributed by atoms with Crippen molar-refractivity contribution in [3.05, 3.63) is 60.4 Å². The van der Waals surface area contributed by atoms with Crippen molar-refractivity contribution in [2.75, 3.05) is 44.8 Å². The van der Waals surface area contributed by atoms with Gasteiger partial charge in [0.05, 0.1) is 17.1 Å². The van der Waals surface area contributed by atoms with Gasteiger partial charge in [-0.3, -0.25) is 10.0 Å². The van der Waals surface area contributed by atoms with E-state index in [0.717, 1.165) is 23.6 Å². The summed E-state index contributed by atoms with van der Waals surface area (Å²) in [6.45, 7) is 2.34. The van der Waals surface area contributed by atoms with Crippen LogP contribution >= 0.6 is 0 Å². The third-order valence-corrected chi connectivity index (χ3v) is 8.13. The third kappa shape index (κ3) is 5.76. The molecule has 35 heavy (non-hydrogen) atoms. The van der Waals surface area contributed by atoms with Gasteiger partial charge in [0, 0.05) is 45.7 Å². The summed E-state index contributed by atoms with van der Waals surface area (Å²) in [5.41, 5.74) is 1.72. The molecule has 11 heteroatoms. The number of carbonyl (C=O) groups is 1. The van der Waals surface area contributed by atoms with Crippen LogP contribution in [0.25, 0.3) is 10.8 Å². The molecule has 1 aliphatic rings. The number of rotatable bonds is 9. The molecule has 1 aliphatic heterocycles. The number of hydrogen-bond donors (Lipinski definition) is 2. The number of ether oxygens (including phenoxy) is 1. The second-order valence-corrected chi connectivity index (χ2v) is 10.4. The molecule has 0 aliphatic carbocycles. The number of carbonyl (C=O) groups excluding carboxylic acids is 1. The lowest BCUT2D eigenvalue weighted by molar-refractivity contribution is 0.0705. The minimum atomic E-state index is -3.69. The number of piperidine rings is 1. The maximum atomic E-state index is 13.5. The number of hydrogen-bond acceptors (Lipinski definition) is 8. The van der Waals surface area contributed by atoms with Crippen LogP contribution in [0.4, 0.5) is 5.95 Å². The molecule has 1 saturated heterocycles. The van der Waals surface area contributed by atoms with E-state index in [1.54, 1.807) is 24.7 Å². The quantitative estimate of drug-likeness (QED) is 0.339. The van der Waals surface area contributed by atoms with Gasteiger partial charge in [-0.1, -0.05) is 30.3 Å². The zero-order chi connectivity index (χ0) is 24.8. The molecule has 186 valence electrons. The molecule has 0 saturated carbocycles. The van der Waals surface area contributed by atoms with Crippen LogP contribution in [0.2, 0.25) is 0 Å². The molecule has 2 heterocycles. The largest absolute Gasteiger partial charge is 0.383 e. The summed E-state index contributed by atoms with van der Waals surface area (Å²) in [6, 6.07) is 12.9. The van der Waals surface area contributed by atoms with E-state index in [1.165, 1.54) is 16.7 Å². The van der Waals surface area contributed by atoms with Gasteiger partial charge in [-0.15, -0.1) is 0 Å². The molecule has 0 spiro atoms. The lowest BCUT2D eigenvalue weighted by Crippen LogP contribution is -2.42. The van der Waals surface area contributed by atoms with Crippen molar-refractivity contribution in [3.63, 3.8) is 0 Å². The van der Waals surface area contributed by atoms with E-state index in [1.807, 2.05) is 35.2 Å². The molecule has 2 N–H and O–H groups in total. The predicted molar refractivity (Wildman–Crippen MR) is 131 cm³/mol. The van der Waals surface area contributed by atoms with Gasteiger partial charge < -0.3 is 9.64 Å². The van der Waals surface area contributed by atoms with Crippen molar-refractivity contribution in [3.8, 4) is 0 Å². The van der Waals surface area contributed by atoms with Crippen molar-refractivity contribution in [2.45, 2.75) is 17.7 Å². The van der Waals surface area contributed by atoms with Gasteiger partial charge in [0.25, 0.3) is 5.91 Å². The molecule has 0 atom stereocenters. The third-order valence-electron chi connectivity index (χ3n) is 6.26. The number of hydroxylamine groups is 1. The summed E-state index contributed by atoms with van der Waals surface area (Å²) in [6.07, 6.45) is 4.28. The van der Waals surface area contributed by atoms with Crippen LogP contribution in [0.3, 0.4) is 0 Å². The van der Waals surface area contributed by atoms with E-state index in [9.17, 15) is 13.2 Å². The fraction of sp³-hybridized carbons (Fsp3) is 0.375. The van der Waals surface area contributed by atoms with Crippen LogP contribution < -0.4 is 10.4 Å². The number of aromatic nitrogens is 2. The highest BCUT2D eigenvalue weighted by Gasteiger charge is 2.29. The number of nitrogens with one attached hydrogen (secondary N) is 1. The second-order valence-electron chi connectivity index (χ2n) is 8.51. The maximum Gasteiger partial charge on any atom is 0.277 e. The van der Waals surface area contributed by atoms with E-state index >= 15 is 0 Å². The van der Waals surface area contributed by atoms with Gasteiger partial charge in [-0.05, 0) is 41.7 Å². The zero-order valence-corrected chi connectivity index (χ0v) is 20.3. The Hall–Kier alpha value is -3.12. The van der Waals surface area contributed by atoms with E-state index in [2.05, 4.69) is 9.97 Å². The first-order valence-corrected chi connectivity index (χ1v) is 12.9. The number of benzene rings is 2. The molecule has 3 aromatic rings. The zero-order valence-electron chi connectivity index (χ0n) is 19.5. The Labute approximate surface area is 204 Å². The monoisotopic (exact) mass is 499 g/mol. The van der Waals surface area contributed by atoms with Crippen molar-refractivity contribution in [1.29, 1.82) is 0 Å². The Morgan fingerprint density at radius 3 is 2.49 bits per heavy atom. The van der Waals surface area contributed by atoms with Crippen LogP contribution in [0, 0.1) is 5.92 Å². The first-order valence-electron chi connectivity index (χ1n) is 11.4. The number of methoxy groups -OCH3 is 1. The molecule has 4 rings (SSSR count). The lowest BCUT2D eigenvalue weighted by atomic mass is 9.97. The molecule has 1 amide bonds. The first-order chi connectivity index (χ1) is 16.9. The van der Waals surface area contributed by atoms with Crippen LogP contribution in [0.5, 0.6) is 0 Å². The van der Waals surface area contributed by atoms with Gasteiger partial charge in [0.2, 0.25) is 16.0 Å². The van der Waals surface area contributed by atoms with Gasteiger partial charge in [-0.25, -0.2) is 23.9 Å². The van der Waals surface area contributed by atoms with Gasteiger partial charge in [-0.2, -0.15) is 4.31 Å². The van der Waals surface area contributed by atoms with Crippen LogP contribution in [0.1, 0.15) is 23.2 Å². The van der Waals surface area contributed by atoms with E-state index < -0.39 is 15.9 Å². The summed E-state index contributed by atoms with van der Waals surface area (Å²) in [5, 5.41) is 10.6. The summed E-state index contributed by atoms with van der Waals surface area (Å²) in [7, 11) is -2.12. The Kier molecular flexibility index (Phi) is 7.91. The Morgan fingerprint density at radius 1 is 1.14 bits per heavy atom. The Bertz CT molecular complexity index is 1260. The highest BCUT2D eigenvalue weighted by molar-refractivity contribution is 7.89. The van der Waals surface area contributed by atoms with Crippen LogP contribution in [-0.4, -0.2) is 73.7 Å². The highest BCUT2D eigenvalue weighted by atomic mass is 32.2. The molecular weight excluding hydrogens is 470 g/mol. The summed E-state index contributed by atoms with van der Waals surface area (Å²) < 4.78 is 33.8. The minimum Gasteiger partial charge on any atom is -0.383 e. The molecule has 2 aromatic carbocycles. The Balaban J connectivity index is 1.44. The van der Waals surface area contributed by atoms with Gasteiger partial charge in [0.15, 0.2) is 0 Å². The molecule has 0 bridgehead atoms. The van der Waals surface area contributed by atoms with Crippen molar-refractivity contribution < 1.29 is 23.2 Å². The summed E-state index contributed by atoms with van der Waals surface area (Å²) >= 11 is 0. The molecule has 0 radical (unpaired) electrons. The summed E-state index contributed by atoms with van der Waals surface area (Å²) in [5.74, 6) is 0.00905. The van der Waals surface area contributed by atoms with E-state index in [-0.39, 0.29) is 22.9 Å². The molecular formula is C24H29N5O5S. The lowest BCUT2D eigenvalue weighted by Gasteiger charge is -2.34.